The number of H-pyrrole nitrogens is 3. The number of rotatable bonds is 4. The van der Waals surface area contributed by atoms with Crippen molar-refractivity contribution in [3.8, 4) is 0 Å². The van der Waals surface area contributed by atoms with Gasteiger partial charge in [0.25, 0.3) is 0 Å². The van der Waals surface area contributed by atoms with Crippen molar-refractivity contribution in [2.24, 2.45) is 0 Å². The zero-order valence-corrected chi connectivity index (χ0v) is 21.4. The maximum atomic E-state index is 11.4. The number of carboxylic acid groups (broad SMARTS) is 1. The first kappa shape index (κ1) is 26.7. The van der Waals surface area contributed by atoms with Crippen molar-refractivity contribution in [1.29, 1.82) is 0 Å². The number of methoxy groups -OCH3 is 1. The summed E-state index contributed by atoms with van der Waals surface area (Å²) in [5.74, 6) is -1.46. The number of aromatic nitrogens is 3. The third-order valence-corrected chi connectivity index (χ3v) is 5.84. The van der Waals surface area contributed by atoms with Gasteiger partial charge in [-0.05, 0) is 79.7 Å². The summed E-state index contributed by atoms with van der Waals surface area (Å²) in [6.07, 6.45) is 5.47. The molecule has 6 aromatic rings. The van der Waals surface area contributed by atoms with Gasteiger partial charge in [0.05, 0.1) is 30.4 Å². The molecule has 0 aliphatic rings. The Bertz CT molecular complexity index is 1740. The van der Waals surface area contributed by atoms with Crippen LogP contribution in [0.15, 0.2) is 91.4 Å². The van der Waals surface area contributed by atoms with Crippen LogP contribution in [0.25, 0.3) is 32.7 Å². The van der Waals surface area contributed by atoms with Crippen molar-refractivity contribution in [2.75, 3.05) is 13.7 Å². The van der Waals surface area contributed by atoms with Crippen LogP contribution in [0.3, 0.4) is 0 Å². The molecule has 0 amide bonds. The smallest absolute Gasteiger partial charge is 0.338 e. The second kappa shape index (κ2) is 12.3. The number of ether oxygens (including phenoxy) is 2. The molecule has 0 saturated heterocycles. The lowest BCUT2D eigenvalue weighted by Gasteiger charge is -2.00. The Morgan fingerprint density at radius 2 is 1.05 bits per heavy atom. The monoisotopic (exact) mass is 525 g/mol. The maximum absolute atomic E-state index is 11.4. The summed E-state index contributed by atoms with van der Waals surface area (Å²) in [6, 6.07) is 21.6. The lowest BCUT2D eigenvalue weighted by molar-refractivity contribution is 0.0525. The van der Waals surface area contributed by atoms with Gasteiger partial charge in [0.15, 0.2) is 0 Å². The number of hydrogen-bond donors (Lipinski definition) is 4. The van der Waals surface area contributed by atoms with Crippen molar-refractivity contribution in [2.45, 2.75) is 6.92 Å². The molecule has 0 aliphatic carbocycles. The summed E-state index contributed by atoms with van der Waals surface area (Å²) in [5, 5.41) is 11.6. The quantitative estimate of drug-likeness (QED) is 0.203. The van der Waals surface area contributed by atoms with Crippen LogP contribution in [0.2, 0.25) is 0 Å². The molecule has 0 aliphatic heterocycles. The zero-order chi connectivity index (χ0) is 27.8. The molecule has 0 fully saturated rings. The normalized spacial score (nSPS) is 10.3. The topological polar surface area (TPSA) is 137 Å². The number of nitrogens with one attached hydrogen (secondary N) is 3. The minimum absolute atomic E-state index is 0.268. The highest BCUT2D eigenvalue weighted by atomic mass is 16.5. The second-order valence-corrected chi connectivity index (χ2v) is 8.36. The average Bonchev–Trinajstić information content (AvgIpc) is 3.72. The molecule has 39 heavy (non-hydrogen) atoms. The van der Waals surface area contributed by atoms with E-state index < -0.39 is 5.97 Å². The van der Waals surface area contributed by atoms with Crippen LogP contribution in [0.4, 0.5) is 0 Å². The Hall–Kier alpha value is -5.31. The van der Waals surface area contributed by atoms with Gasteiger partial charge in [0, 0.05) is 51.3 Å². The van der Waals surface area contributed by atoms with Crippen LogP contribution in [0.5, 0.6) is 0 Å². The lowest BCUT2D eigenvalue weighted by Crippen LogP contribution is -2.03. The minimum atomic E-state index is -0.891. The van der Waals surface area contributed by atoms with E-state index >= 15 is 0 Å². The highest BCUT2D eigenvalue weighted by Crippen LogP contribution is 2.16. The number of carbonyl (C=O) groups is 3. The molecule has 0 spiro atoms. The number of benzene rings is 3. The summed E-state index contributed by atoms with van der Waals surface area (Å²) < 4.78 is 9.52. The fourth-order valence-corrected chi connectivity index (χ4v) is 3.88. The molecule has 0 atom stereocenters. The summed E-state index contributed by atoms with van der Waals surface area (Å²) in [4.78, 5) is 42.2. The van der Waals surface area contributed by atoms with E-state index in [1.165, 1.54) is 7.11 Å². The molecule has 6 rings (SSSR count). The fourth-order valence-electron chi connectivity index (χ4n) is 3.88. The molecule has 9 heteroatoms. The first-order chi connectivity index (χ1) is 18.9. The van der Waals surface area contributed by atoms with Crippen LogP contribution < -0.4 is 0 Å². The van der Waals surface area contributed by atoms with E-state index in [-0.39, 0.29) is 11.9 Å². The number of aromatic carboxylic acids is 1. The maximum Gasteiger partial charge on any atom is 0.338 e. The molecule has 4 N–H and O–H groups in total. The molecule has 3 heterocycles. The molecule has 0 saturated carbocycles. The highest BCUT2D eigenvalue weighted by Gasteiger charge is 2.07. The van der Waals surface area contributed by atoms with Gasteiger partial charge in [-0.25, -0.2) is 14.4 Å². The number of esters is 2. The Morgan fingerprint density at radius 3 is 1.46 bits per heavy atom. The number of carbonyl (C=O) groups excluding carboxylic acids is 2. The van der Waals surface area contributed by atoms with Crippen molar-refractivity contribution >= 4 is 50.6 Å². The largest absolute Gasteiger partial charge is 0.478 e. The van der Waals surface area contributed by atoms with E-state index in [1.54, 1.807) is 49.5 Å². The number of carboxylic acids is 1. The number of aromatic amines is 3. The van der Waals surface area contributed by atoms with Gasteiger partial charge < -0.3 is 29.5 Å². The molecule has 3 aromatic heterocycles. The molecule has 198 valence electrons. The van der Waals surface area contributed by atoms with Gasteiger partial charge in [-0.1, -0.05) is 0 Å². The molecule has 3 aromatic carbocycles. The van der Waals surface area contributed by atoms with E-state index in [4.69, 9.17) is 9.84 Å². The first-order valence-electron chi connectivity index (χ1n) is 12.1. The Morgan fingerprint density at radius 1 is 0.641 bits per heavy atom. The van der Waals surface area contributed by atoms with Crippen molar-refractivity contribution in [3.63, 3.8) is 0 Å². The predicted molar refractivity (Wildman–Crippen MR) is 149 cm³/mol. The van der Waals surface area contributed by atoms with Crippen molar-refractivity contribution in [1.82, 2.24) is 15.0 Å². The van der Waals surface area contributed by atoms with Crippen LogP contribution in [-0.2, 0) is 9.47 Å². The van der Waals surface area contributed by atoms with E-state index in [1.807, 2.05) is 48.8 Å². The molecular formula is C30H27N3O6. The molecule has 0 radical (unpaired) electrons. The third kappa shape index (κ3) is 6.53. The van der Waals surface area contributed by atoms with Crippen LogP contribution in [0, 0.1) is 0 Å². The fraction of sp³-hybridized carbons (Fsp3) is 0.100. The van der Waals surface area contributed by atoms with Gasteiger partial charge in [0.2, 0.25) is 0 Å². The third-order valence-electron chi connectivity index (χ3n) is 5.84. The van der Waals surface area contributed by atoms with Gasteiger partial charge >= 0.3 is 17.9 Å². The summed E-state index contributed by atoms with van der Waals surface area (Å²) in [7, 11) is 1.38. The molecule has 9 nitrogen and oxygen atoms in total. The first-order valence-corrected chi connectivity index (χ1v) is 12.1. The van der Waals surface area contributed by atoms with E-state index in [9.17, 15) is 14.4 Å². The predicted octanol–water partition coefficient (Wildman–Crippen LogP) is 6.17. The Labute approximate surface area is 223 Å². The van der Waals surface area contributed by atoms with Crippen molar-refractivity contribution in [3.05, 3.63) is 108 Å². The van der Waals surface area contributed by atoms with E-state index in [0.29, 0.717) is 23.3 Å². The highest BCUT2D eigenvalue weighted by molar-refractivity contribution is 5.95. The van der Waals surface area contributed by atoms with Crippen molar-refractivity contribution < 1.29 is 29.0 Å². The molecule has 0 unspecified atom stereocenters. The van der Waals surface area contributed by atoms with E-state index in [2.05, 4.69) is 19.7 Å². The molecular weight excluding hydrogens is 498 g/mol. The Balaban J connectivity index is 0.000000136. The second-order valence-electron chi connectivity index (χ2n) is 8.36. The lowest BCUT2D eigenvalue weighted by atomic mass is 10.1. The van der Waals surface area contributed by atoms with Gasteiger partial charge in [-0.2, -0.15) is 0 Å². The standard InChI is InChI=1S/C11H11NO2.C10H9NO2.C9H7NO2/c1-2-14-11(13)9-3-4-10-8(7-9)5-6-12-10;1-13-10(12)8-2-3-9-7(6-8)4-5-11-9;11-9(12)7-1-2-8-6(5-7)3-4-10-8/h3-7,12H,2H2,1H3;2-6,11H,1H3;1-5,10H,(H,11,12). The zero-order valence-electron chi connectivity index (χ0n) is 21.4. The SMILES string of the molecule is CCOC(=O)c1ccc2[nH]ccc2c1.COC(=O)c1ccc2[nH]ccc2c1.O=C(O)c1ccc2[nH]ccc2c1. The minimum Gasteiger partial charge on any atom is -0.478 e. The number of hydrogen-bond acceptors (Lipinski definition) is 5. The summed E-state index contributed by atoms with van der Waals surface area (Å²) in [6.45, 7) is 2.21. The Kier molecular flexibility index (Phi) is 8.43. The average molecular weight is 526 g/mol. The van der Waals surface area contributed by atoms with Gasteiger partial charge in [-0.15, -0.1) is 0 Å². The van der Waals surface area contributed by atoms with Crippen LogP contribution in [0.1, 0.15) is 38.0 Å². The van der Waals surface area contributed by atoms with E-state index in [0.717, 1.165) is 32.7 Å². The van der Waals surface area contributed by atoms with Gasteiger partial charge in [-0.3, -0.25) is 0 Å². The number of fused-ring (bicyclic) bond motifs is 3. The summed E-state index contributed by atoms with van der Waals surface area (Å²) in [5.41, 5.74) is 4.50. The van der Waals surface area contributed by atoms with Gasteiger partial charge in [0.1, 0.15) is 0 Å². The van der Waals surface area contributed by atoms with Crippen LogP contribution in [-0.4, -0.2) is 51.7 Å². The summed E-state index contributed by atoms with van der Waals surface area (Å²) >= 11 is 0. The van der Waals surface area contributed by atoms with Crippen LogP contribution >= 0.6 is 0 Å². The molecule has 0 bridgehead atoms.